The zero-order valence-electron chi connectivity index (χ0n) is 6.62. The Morgan fingerprint density at radius 3 is 3.00 bits per heavy atom. The van der Waals surface area contributed by atoms with Crippen molar-refractivity contribution in [2.75, 3.05) is 0 Å². The van der Waals surface area contributed by atoms with Crippen LogP contribution in [-0.4, -0.2) is 19.9 Å². The molecular formula is C7H6N4O2. The second-order valence-electron chi connectivity index (χ2n) is 2.55. The lowest BCUT2D eigenvalue weighted by Gasteiger charge is -1.93. The van der Waals surface area contributed by atoms with E-state index in [4.69, 9.17) is 0 Å². The Kier molecular flexibility index (Phi) is 1.66. The van der Waals surface area contributed by atoms with Crippen molar-refractivity contribution < 1.29 is 4.92 Å². The van der Waals surface area contributed by atoms with E-state index in [0.717, 1.165) is 0 Å². The summed E-state index contributed by atoms with van der Waals surface area (Å²) in [5.74, 6) is 0. The monoisotopic (exact) mass is 178 g/mol. The van der Waals surface area contributed by atoms with Gasteiger partial charge in [0.15, 0.2) is 0 Å². The van der Waals surface area contributed by atoms with Gasteiger partial charge in [0.05, 0.1) is 5.52 Å². The van der Waals surface area contributed by atoms with Crippen LogP contribution in [0.25, 0.3) is 11.0 Å². The molecule has 6 heteroatoms. The van der Waals surface area contributed by atoms with Crippen LogP contribution < -0.4 is 0 Å². The fraction of sp³-hybridized carbons (Fsp3) is 0.143. The van der Waals surface area contributed by atoms with Crippen LogP contribution in [0.1, 0.15) is 0 Å². The summed E-state index contributed by atoms with van der Waals surface area (Å²) in [6.07, 6.45) is 0. The first-order valence-electron chi connectivity index (χ1n) is 3.67. The van der Waals surface area contributed by atoms with Crippen LogP contribution in [0.2, 0.25) is 0 Å². The summed E-state index contributed by atoms with van der Waals surface area (Å²) < 4.78 is 1.26. The predicted octanol–water partition coefficient (Wildman–Crippen LogP) is 0.665. The minimum Gasteiger partial charge on any atom is -0.263 e. The Bertz CT molecular complexity index is 450. The van der Waals surface area contributed by atoms with Gasteiger partial charge in [-0.25, -0.2) is 0 Å². The molecule has 0 spiro atoms. The first kappa shape index (κ1) is 7.66. The van der Waals surface area contributed by atoms with Gasteiger partial charge in [0.25, 0.3) is 6.67 Å². The molecule has 0 N–H and O–H groups in total. The molecule has 0 aliphatic rings. The molecule has 0 radical (unpaired) electrons. The number of nitro groups is 1. The number of hydrogen-bond donors (Lipinski definition) is 0. The van der Waals surface area contributed by atoms with Gasteiger partial charge in [0, 0.05) is 4.92 Å². The largest absolute Gasteiger partial charge is 0.297 e. The summed E-state index contributed by atoms with van der Waals surface area (Å²) >= 11 is 0. The van der Waals surface area contributed by atoms with E-state index in [1.807, 2.05) is 6.07 Å². The van der Waals surface area contributed by atoms with Gasteiger partial charge in [-0.05, 0) is 12.1 Å². The highest BCUT2D eigenvalue weighted by atomic mass is 16.6. The minimum atomic E-state index is -0.443. The molecule has 0 amide bonds. The number of aromatic nitrogens is 3. The maximum atomic E-state index is 10.2. The van der Waals surface area contributed by atoms with Crippen LogP contribution in [-0.2, 0) is 6.67 Å². The average Bonchev–Trinajstić information content (AvgIpc) is 2.48. The predicted molar refractivity (Wildman–Crippen MR) is 44.5 cm³/mol. The van der Waals surface area contributed by atoms with E-state index in [9.17, 15) is 10.1 Å². The van der Waals surface area contributed by atoms with E-state index >= 15 is 0 Å². The Morgan fingerprint density at radius 2 is 2.23 bits per heavy atom. The van der Waals surface area contributed by atoms with Gasteiger partial charge in [-0.2, -0.15) is 4.68 Å². The highest BCUT2D eigenvalue weighted by Gasteiger charge is 2.06. The topological polar surface area (TPSA) is 73.8 Å². The molecule has 2 aromatic rings. The zero-order chi connectivity index (χ0) is 9.26. The van der Waals surface area contributed by atoms with Crippen LogP contribution >= 0.6 is 0 Å². The molecule has 1 aromatic carbocycles. The normalized spacial score (nSPS) is 10.5. The lowest BCUT2D eigenvalue weighted by molar-refractivity contribution is -0.515. The van der Waals surface area contributed by atoms with Crippen molar-refractivity contribution in [2.24, 2.45) is 0 Å². The van der Waals surface area contributed by atoms with Crippen LogP contribution in [0.3, 0.4) is 0 Å². The first-order chi connectivity index (χ1) is 6.27. The molecule has 0 saturated carbocycles. The summed E-state index contributed by atoms with van der Waals surface area (Å²) in [5, 5.41) is 17.7. The lowest BCUT2D eigenvalue weighted by Crippen LogP contribution is -2.08. The van der Waals surface area contributed by atoms with Gasteiger partial charge in [-0.1, -0.05) is 17.3 Å². The van der Waals surface area contributed by atoms with Crippen LogP contribution in [0, 0.1) is 10.1 Å². The summed E-state index contributed by atoms with van der Waals surface area (Å²) in [7, 11) is 0. The minimum absolute atomic E-state index is 0.347. The number of benzene rings is 1. The lowest BCUT2D eigenvalue weighted by atomic mass is 10.3. The molecule has 0 saturated heterocycles. The first-order valence-corrected chi connectivity index (χ1v) is 3.67. The second kappa shape index (κ2) is 2.81. The van der Waals surface area contributed by atoms with Crippen molar-refractivity contribution in [1.82, 2.24) is 15.0 Å². The molecule has 1 aromatic heterocycles. The highest BCUT2D eigenvalue weighted by molar-refractivity contribution is 5.73. The molecule has 6 nitrogen and oxygen atoms in total. The Balaban J connectivity index is 2.51. The van der Waals surface area contributed by atoms with Crippen molar-refractivity contribution in [3.63, 3.8) is 0 Å². The fourth-order valence-electron chi connectivity index (χ4n) is 1.13. The number of rotatable bonds is 2. The molecule has 13 heavy (non-hydrogen) atoms. The number of nitrogens with zero attached hydrogens (tertiary/aromatic N) is 4. The summed E-state index contributed by atoms with van der Waals surface area (Å²) in [4.78, 5) is 9.78. The van der Waals surface area contributed by atoms with Gasteiger partial charge in [0.1, 0.15) is 5.52 Å². The van der Waals surface area contributed by atoms with Crippen molar-refractivity contribution in [3.8, 4) is 0 Å². The molecule has 0 atom stereocenters. The standard InChI is InChI=1S/C7H6N4O2/c12-11(13)5-10-7-4-2-1-3-6(7)8-9-10/h1-4H,5H2. The van der Waals surface area contributed by atoms with Gasteiger partial charge < -0.3 is 0 Å². The summed E-state index contributed by atoms with van der Waals surface area (Å²) in [6, 6.07) is 7.12. The van der Waals surface area contributed by atoms with Crippen LogP contribution in [0.15, 0.2) is 24.3 Å². The van der Waals surface area contributed by atoms with Gasteiger partial charge >= 0.3 is 0 Å². The van der Waals surface area contributed by atoms with Crippen molar-refractivity contribution in [1.29, 1.82) is 0 Å². The van der Waals surface area contributed by atoms with E-state index in [2.05, 4.69) is 10.3 Å². The number of fused-ring (bicyclic) bond motifs is 1. The van der Waals surface area contributed by atoms with Crippen molar-refractivity contribution in [3.05, 3.63) is 34.4 Å². The van der Waals surface area contributed by atoms with E-state index in [0.29, 0.717) is 11.0 Å². The molecule has 66 valence electrons. The molecule has 0 bridgehead atoms. The SMILES string of the molecule is O=[N+]([O-])Cn1nnc2ccccc21. The Morgan fingerprint density at radius 1 is 1.46 bits per heavy atom. The molecule has 0 aliphatic carbocycles. The molecule has 1 heterocycles. The Labute approximate surface area is 72.9 Å². The second-order valence-corrected chi connectivity index (χ2v) is 2.55. The quantitative estimate of drug-likeness (QED) is 0.500. The van der Waals surface area contributed by atoms with Crippen LogP contribution in [0.5, 0.6) is 0 Å². The van der Waals surface area contributed by atoms with Crippen LogP contribution in [0.4, 0.5) is 0 Å². The van der Waals surface area contributed by atoms with Crippen molar-refractivity contribution in [2.45, 2.75) is 6.67 Å². The van der Waals surface area contributed by atoms with Crippen molar-refractivity contribution >= 4 is 11.0 Å². The van der Waals surface area contributed by atoms with Gasteiger partial charge in [0.2, 0.25) is 0 Å². The third-order valence-electron chi connectivity index (χ3n) is 1.67. The summed E-state index contributed by atoms with van der Waals surface area (Å²) in [6.45, 7) is -0.347. The molecule has 0 fully saturated rings. The fourth-order valence-corrected chi connectivity index (χ4v) is 1.13. The number of para-hydroxylation sites is 1. The van der Waals surface area contributed by atoms with E-state index in [1.165, 1.54) is 4.68 Å². The maximum Gasteiger partial charge on any atom is 0.297 e. The molecule has 2 rings (SSSR count). The third-order valence-corrected chi connectivity index (χ3v) is 1.67. The molecule has 0 unspecified atom stereocenters. The zero-order valence-corrected chi connectivity index (χ0v) is 6.62. The molecule has 0 aliphatic heterocycles. The van der Waals surface area contributed by atoms with E-state index < -0.39 is 4.92 Å². The highest BCUT2D eigenvalue weighted by Crippen LogP contribution is 2.08. The summed E-state index contributed by atoms with van der Waals surface area (Å²) in [5.41, 5.74) is 1.35. The van der Waals surface area contributed by atoms with E-state index in [-0.39, 0.29) is 6.67 Å². The smallest absolute Gasteiger partial charge is 0.263 e. The third kappa shape index (κ3) is 1.33. The molecular weight excluding hydrogens is 172 g/mol. The van der Waals surface area contributed by atoms with Gasteiger partial charge in [-0.15, -0.1) is 5.10 Å². The average molecular weight is 178 g/mol. The maximum absolute atomic E-state index is 10.2. The van der Waals surface area contributed by atoms with E-state index in [1.54, 1.807) is 18.2 Å². The van der Waals surface area contributed by atoms with Gasteiger partial charge in [-0.3, -0.25) is 10.1 Å². The Hall–Kier alpha value is -1.98. The number of hydrogen-bond acceptors (Lipinski definition) is 4.